The summed E-state index contributed by atoms with van der Waals surface area (Å²) < 4.78 is 4.77. The van der Waals surface area contributed by atoms with Crippen LogP contribution in [0.1, 0.15) is 10.4 Å². The van der Waals surface area contributed by atoms with E-state index in [9.17, 15) is 4.79 Å². The lowest BCUT2D eigenvalue weighted by Crippen LogP contribution is -2.13. The number of esters is 1. The normalized spacial score (nSPS) is 8.56. The van der Waals surface area contributed by atoms with Crippen LogP contribution in [0.25, 0.3) is 0 Å². The zero-order valence-corrected chi connectivity index (χ0v) is 8.28. The number of ether oxygens (including phenoxy) is 1. The van der Waals surface area contributed by atoms with Gasteiger partial charge in [-0.3, -0.25) is 4.98 Å². The Bertz CT molecular complexity index is 326. The van der Waals surface area contributed by atoms with Crippen LogP contribution in [0.2, 0.25) is 0 Å². The van der Waals surface area contributed by atoms with Gasteiger partial charge in [0.05, 0.1) is 5.56 Å². The monoisotopic (exact) mass is 229 g/mol. The van der Waals surface area contributed by atoms with E-state index < -0.39 is 5.09 Å². The van der Waals surface area contributed by atoms with Crippen molar-refractivity contribution in [1.82, 2.24) is 4.98 Å². The maximum Gasteiger partial charge on any atom is 0.339 e. The number of hydrogen-bond acceptors (Lipinski definition) is 6. The van der Waals surface area contributed by atoms with E-state index in [2.05, 4.69) is 4.98 Å². The van der Waals surface area contributed by atoms with Crippen LogP contribution in [0, 0.1) is 10.1 Å². The Morgan fingerprint density at radius 1 is 1.69 bits per heavy atom. The molecule has 1 aromatic rings. The molecule has 0 aliphatic rings. The standard InChI is InChI=1S/C8H10N2O2.HNO3/c9-3-5-12-8(11)7-2-1-4-10-6-7;2-1(3)4/h1-2,4,6H,3,5,9H2;(H,2,3,4). The van der Waals surface area contributed by atoms with Gasteiger partial charge in [0, 0.05) is 18.9 Å². The minimum atomic E-state index is -1.50. The first kappa shape index (κ1) is 13.8. The molecule has 0 saturated heterocycles. The highest BCUT2D eigenvalue weighted by Gasteiger charge is 2.04. The summed E-state index contributed by atoms with van der Waals surface area (Å²) >= 11 is 0. The van der Waals surface area contributed by atoms with Crippen molar-refractivity contribution in [2.75, 3.05) is 13.2 Å². The Balaban J connectivity index is 0.000000487. The first-order valence-electron chi connectivity index (χ1n) is 4.18. The van der Waals surface area contributed by atoms with Crippen LogP contribution < -0.4 is 5.73 Å². The van der Waals surface area contributed by atoms with Gasteiger partial charge >= 0.3 is 5.97 Å². The van der Waals surface area contributed by atoms with E-state index in [1.165, 1.54) is 6.20 Å². The average molecular weight is 229 g/mol. The van der Waals surface area contributed by atoms with E-state index in [1.807, 2.05) is 0 Å². The van der Waals surface area contributed by atoms with Gasteiger partial charge in [0.25, 0.3) is 5.09 Å². The second-order valence-corrected chi connectivity index (χ2v) is 2.40. The molecule has 0 amide bonds. The summed E-state index contributed by atoms with van der Waals surface area (Å²) in [7, 11) is 0. The molecule has 0 spiro atoms. The molecular weight excluding hydrogens is 218 g/mol. The van der Waals surface area contributed by atoms with E-state index in [1.54, 1.807) is 18.3 Å². The van der Waals surface area contributed by atoms with Gasteiger partial charge in [-0.2, -0.15) is 0 Å². The highest BCUT2D eigenvalue weighted by Crippen LogP contribution is 1.97. The Labute approximate surface area is 90.8 Å². The van der Waals surface area contributed by atoms with Crippen LogP contribution in [0.4, 0.5) is 0 Å². The Hall–Kier alpha value is -2.22. The number of hydrogen-bond donors (Lipinski definition) is 2. The molecule has 1 rings (SSSR count). The van der Waals surface area contributed by atoms with Gasteiger partial charge in [0.15, 0.2) is 0 Å². The molecule has 0 aliphatic heterocycles. The van der Waals surface area contributed by atoms with Gasteiger partial charge in [0.1, 0.15) is 6.61 Å². The minimum absolute atomic E-state index is 0.244. The summed E-state index contributed by atoms with van der Waals surface area (Å²) in [5.41, 5.74) is 5.61. The van der Waals surface area contributed by atoms with Crippen molar-refractivity contribution in [2.24, 2.45) is 5.73 Å². The molecule has 0 radical (unpaired) electrons. The highest BCUT2D eigenvalue weighted by atomic mass is 16.9. The first-order valence-corrected chi connectivity index (χ1v) is 4.18. The van der Waals surface area contributed by atoms with E-state index >= 15 is 0 Å². The Morgan fingerprint density at radius 3 is 2.75 bits per heavy atom. The molecule has 0 saturated carbocycles. The third kappa shape index (κ3) is 7.21. The maximum atomic E-state index is 11.1. The van der Waals surface area contributed by atoms with E-state index in [-0.39, 0.29) is 12.6 Å². The second kappa shape index (κ2) is 8.12. The number of carbonyl (C=O) groups is 1. The zero-order valence-electron chi connectivity index (χ0n) is 8.28. The summed E-state index contributed by atoms with van der Waals surface area (Å²) in [4.78, 5) is 23.2. The number of pyridine rings is 1. The molecule has 3 N–H and O–H groups in total. The van der Waals surface area contributed by atoms with E-state index in [0.717, 1.165) is 0 Å². The predicted octanol–water partition coefficient (Wildman–Crippen LogP) is -0.151. The van der Waals surface area contributed by atoms with Gasteiger partial charge in [-0.05, 0) is 12.1 Å². The smallest absolute Gasteiger partial charge is 0.339 e. The SMILES string of the molecule is NCCOC(=O)c1cccnc1.O=[N+]([O-])O. The molecule has 1 heterocycles. The van der Waals surface area contributed by atoms with Crippen LogP contribution in [0.3, 0.4) is 0 Å². The topological polar surface area (TPSA) is 129 Å². The molecule has 1 aromatic heterocycles. The quantitative estimate of drug-likeness (QED) is 0.418. The van der Waals surface area contributed by atoms with Crippen LogP contribution in [0.5, 0.6) is 0 Å². The van der Waals surface area contributed by atoms with Gasteiger partial charge < -0.3 is 15.7 Å². The lowest BCUT2D eigenvalue weighted by molar-refractivity contribution is -0.742. The van der Waals surface area contributed by atoms with Crippen LogP contribution in [-0.4, -0.2) is 34.4 Å². The van der Waals surface area contributed by atoms with Crippen molar-refractivity contribution in [3.05, 3.63) is 40.2 Å². The molecule has 0 fully saturated rings. The predicted molar refractivity (Wildman–Crippen MR) is 52.4 cm³/mol. The zero-order chi connectivity index (χ0) is 12.4. The summed E-state index contributed by atoms with van der Waals surface area (Å²) in [6.45, 7) is 0.583. The van der Waals surface area contributed by atoms with Crippen LogP contribution in [0.15, 0.2) is 24.5 Å². The Kier molecular flexibility index (Phi) is 6.99. The summed E-state index contributed by atoms with van der Waals surface area (Å²) in [5, 5.41) is 13.6. The lowest BCUT2D eigenvalue weighted by Gasteiger charge is -2.00. The van der Waals surface area contributed by atoms with E-state index in [0.29, 0.717) is 12.1 Å². The fraction of sp³-hybridized carbons (Fsp3) is 0.250. The molecule has 0 aliphatic carbocycles. The van der Waals surface area contributed by atoms with Crippen LogP contribution in [-0.2, 0) is 4.74 Å². The van der Waals surface area contributed by atoms with Crippen molar-refractivity contribution in [2.45, 2.75) is 0 Å². The van der Waals surface area contributed by atoms with Crippen molar-refractivity contribution in [1.29, 1.82) is 0 Å². The third-order valence-corrected chi connectivity index (χ3v) is 1.25. The summed E-state index contributed by atoms with van der Waals surface area (Å²) in [6.07, 6.45) is 3.05. The summed E-state index contributed by atoms with van der Waals surface area (Å²) in [6, 6.07) is 3.32. The van der Waals surface area contributed by atoms with Crippen molar-refractivity contribution in [3.8, 4) is 0 Å². The van der Waals surface area contributed by atoms with Gasteiger partial charge in [-0.15, -0.1) is 10.1 Å². The molecule has 0 atom stereocenters. The number of rotatable bonds is 3. The summed E-state index contributed by atoms with van der Waals surface area (Å²) in [5.74, 6) is -0.381. The number of aromatic nitrogens is 1. The van der Waals surface area contributed by atoms with Gasteiger partial charge in [0.2, 0.25) is 0 Å². The molecule has 8 nitrogen and oxygen atoms in total. The number of nitrogens with two attached hydrogens (primary N) is 1. The molecule has 0 unspecified atom stereocenters. The van der Waals surface area contributed by atoms with E-state index in [4.69, 9.17) is 25.8 Å². The minimum Gasteiger partial charge on any atom is -0.461 e. The average Bonchev–Trinajstić information content (AvgIpc) is 2.26. The molecule has 16 heavy (non-hydrogen) atoms. The fourth-order valence-corrected chi connectivity index (χ4v) is 0.718. The Morgan fingerprint density at radius 2 is 2.31 bits per heavy atom. The molecule has 8 heteroatoms. The second-order valence-electron chi connectivity index (χ2n) is 2.40. The number of nitrogens with zero attached hydrogens (tertiary/aromatic N) is 2. The van der Waals surface area contributed by atoms with Crippen molar-refractivity contribution < 1.29 is 19.8 Å². The number of carbonyl (C=O) groups excluding carboxylic acids is 1. The highest BCUT2D eigenvalue weighted by molar-refractivity contribution is 5.88. The largest absolute Gasteiger partial charge is 0.461 e. The van der Waals surface area contributed by atoms with Crippen molar-refractivity contribution >= 4 is 5.97 Å². The molecule has 0 aromatic carbocycles. The lowest BCUT2D eigenvalue weighted by atomic mass is 10.3. The molecule has 0 bridgehead atoms. The first-order chi connectivity index (χ1) is 7.57. The van der Waals surface area contributed by atoms with Gasteiger partial charge in [-0.1, -0.05) is 0 Å². The molecular formula is C8H11N3O5. The third-order valence-electron chi connectivity index (χ3n) is 1.25. The van der Waals surface area contributed by atoms with Crippen LogP contribution >= 0.6 is 0 Å². The molecule has 88 valence electrons. The van der Waals surface area contributed by atoms with Crippen molar-refractivity contribution in [3.63, 3.8) is 0 Å². The maximum absolute atomic E-state index is 11.1. The fourth-order valence-electron chi connectivity index (χ4n) is 0.718. The van der Waals surface area contributed by atoms with Gasteiger partial charge in [-0.25, -0.2) is 4.79 Å².